The van der Waals surface area contributed by atoms with E-state index in [1.807, 2.05) is 26.0 Å². The second kappa shape index (κ2) is 5.28. The van der Waals surface area contributed by atoms with E-state index >= 15 is 0 Å². The first-order valence-electron chi connectivity index (χ1n) is 4.81. The van der Waals surface area contributed by atoms with Crippen LogP contribution in [-0.4, -0.2) is 18.5 Å². The van der Waals surface area contributed by atoms with Crippen molar-refractivity contribution in [1.29, 1.82) is 0 Å². The summed E-state index contributed by atoms with van der Waals surface area (Å²) in [6.07, 6.45) is 0. The van der Waals surface area contributed by atoms with Crippen molar-refractivity contribution in [3.8, 4) is 0 Å². The molecule has 3 nitrogen and oxygen atoms in total. The molecule has 82 valence electrons. The van der Waals surface area contributed by atoms with Gasteiger partial charge >= 0.3 is 0 Å². The monoisotopic (exact) mass is 270 g/mol. The van der Waals surface area contributed by atoms with Crippen LogP contribution in [0.2, 0.25) is 0 Å². The van der Waals surface area contributed by atoms with Crippen LogP contribution in [0.15, 0.2) is 22.7 Å². The molecule has 0 spiro atoms. The van der Waals surface area contributed by atoms with E-state index in [-0.39, 0.29) is 11.9 Å². The van der Waals surface area contributed by atoms with Crippen LogP contribution in [0.25, 0.3) is 0 Å². The smallest absolute Gasteiger partial charge is 0.251 e. The van der Waals surface area contributed by atoms with E-state index < -0.39 is 0 Å². The number of nitrogens with one attached hydrogen (secondary N) is 1. The van der Waals surface area contributed by atoms with Gasteiger partial charge in [-0.2, -0.15) is 0 Å². The first-order chi connectivity index (χ1) is 7.02. The zero-order chi connectivity index (χ0) is 11.4. The van der Waals surface area contributed by atoms with Gasteiger partial charge in [0.05, 0.1) is 0 Å². The standard InChI is InChI=1S/C11H15BrN2O/c1-7-3-9(5-10(12)4-7)11(15)14-8(2)6-13/h3-5,8H,6,13H2,1-2H3,(H,14,15)/t8-/m1/s1. The number of carbonyl (C=O) groups is 1. The predicted molar refractivity (Wildman–Crippen MR) is 64.9 cm³/mol. The Labute approximate surface area is 98.2 Å². The van der Waals surface area contributed by atoms with Crippen LogP contribution in [0.3, 0.4) is 0 Å². The summed E-state index contributed by atoms with van der Waals surface area (Å²) in [5, 5.41) is 2.82. The van der Waals surface area contributed by atoms with Crippen LogP contribution < -0.4 is 11.1 Å². The highest BCUT2D eigenvalue weighted by Gasteiger charge is 2.09. The van der Waals surface area contributed by atoms with Crippen LogP contribution in [0.5, 0.6) is 0 Å². The molecule has 0 saturated heterocycles. The van der Waals surface area contributed by atoms with Gasteiger partial charge < -0.3 is 11.1 Å². The fourth-order valence-corrected chi connectivity index (χ4v) is 1.84. The Morgan fingerprint density at radius 2 is 2.20 bits per heavy atom. The lowest BCUT2D eigenvalue weighted by molar-refractivity contribution is 0.0941. The third-order valence-electron chi connectivity index (χ3n) is 2.04. The van der Waals surface area contributed by atoms with E-state index in [2.05, 4.69) is 21.2 Å². The Balaban J connectivity index is 2.82. The largest absolute Gasteiger partial charge is 0.348 e. The van der Waals surface area contributed by atoms with Gasteiger partial charge in [0.1, 0.15) is 0 Å². The van der Waals surface area contributed by atoms with Crippen molar-refractivity contribution >= 4 is 21.8 Å². The average molecular weight is 271 g/mol. The Morgan fingerprint density at radius 3 is 2.73 bits per heavy atom. The van der Waals surface area contributed by atoms with E-state index in [1.165, 1.54) is 0 Å². The molecular formula is C11H15BrN2O. The van der Waals surface area contributed by atoms with Crippen molar-refractivity contribution in [2.45, 2.75) is 19.9 Å². The minimum absolute atomic E-state index is 0.00297. The minimum Gasteiger partial charge on any atom is -0.348 e. The van der Waals surface area contributed by atoms with Crippen molar-refractivity contribution in [3.63, 3.8) is 0 Å². The number of nitrogens with two attached hydrogens (primary N) is 1. The first kappa shape index (κ1) is 12.2. The minimum atomic E-state index is -0.0858. The molecule has 0 unspecified atom stereocenters. The summed E-state index contributed by atoms with van der Waals surface area (Å²) in [4.78, 5) is 11.7. The summed E-state index contributed by atoms with van der Waals surface area (Å²) in [7, 11) is 0. The van der Waals surface area contributed by atoms with Gasteiger partial charge in [-0.3, -0.25) is 4.79 Å². The molecule has 0 saturated carbocycles. The summed E-state index contributed by atoms with van der Waals surface area (Å²) in [6.45, 7) is 4.27. The molecule has 4 heteroatoms. The molecule has 0 aliphatic carbocycles. The number of carbonyl (C=O) groups excluding carboxylic acids is 1. The Morgan fingerprint density at radius 1 is 1.53 bits per heavy atom. The summed E-state index contributed by atoms with van der Waals surface area (Å²) >= 11 is 3.36. The molecule has 3 N–H and O–H groups in total. The molecule has 1 atom stereocenters. The van der Waals surface area contributed by atoms with Crippen LogP contribution in [0.1, 0.15) is 22.8 Å². The van der Waals surface area contributed by atoms with Crippen molar-refractivity contribution in [3.05, 3.63) is 33.8 Å². The van der Waals surface area contributed by atoms with Gasteiger partial charge in [0.15, 0.2) is 0 Å². The van der Waals surface area contributed by atoms with E-state index in [9.17, 15) is 4.79 Å². The van der Waals surface area contributed by atoms with Crippen LogP contribution in [-0.2, 0) is 0 Å². The predicted octanol–water partition coefficient (Wildman–Crippen LogP) is 1.83. The number of rotatable bonds is 3. The zero-order valence-electron chi connectivity index (χ0n) is 8.88. The number of hydrogen-bond acceptors (Lipinski definition) is 2. The van der Waals surface area contributed by atoms with E-state index in [0.717, 1.165) is 10.0 Å². The number of benzene rings is 1. The van der Waals surface area contributed by atoms with E-state index in [4.69, 9.17) is 5.73 Å². The molecule has 15 heavy (non-hydrogen) atoms. The first-order valence-corrected chi connectivity index (χ1v) is 5.60. The highest BCUT2D eigenvalue weighted by Crippen LogP contribution is 2.15. The van der Waals surface area contributed by atoms with Gasteiger partial charge in [0.25, 0.3) is 5.91 Å². The fraction of sp³-hybridized carbons (Fsp3) is 0.364. The van der Waals surface area contributed by atoms with Gasteiger partial charge in [-0.15, -0.1) is 0 Å². The van der Waals surface area contributed by atoms with E-state index in [0.29, 0.717) is 12.1 Å². The van der Waals surface area contributed by atoms with Crippen molar-refractivity contribution in [2.75, 3.05) is 6.54 Å². The number of aryl methyl sites for hydroxylation is 1. The van der Waals surface area contributed by atoms with Gasteiger partial charge in [0, 0.05) is 22.6 Å². The molecule has 0 aliphatic rings. The Bertz CT molecular complexity index is 345. The summed E-state index contributed by atoms with van der Waals surface area (Å²) < 4.78 is 0.910. The molecule has 0 heterocycles. The normalized spacial score (nSPS) is 12.3. The molecule has 0 fully saturated rings. The summed E-state index contributed by atoms with van der Waals surface area (Å²) in [6, 6.07) is 5.61. The van der Waals surface area contributed by atoms with Crippen LogP contribution in [0, 0.1) is 6.92 Å². The second-order valence-electron chi connectivity index (χ2n) is 3.63. The van der Waals surface area contributed by atoms with Crippen LogP contribution in [0.4, 0.5) is 0 Å². The molecule has 0 radical (unpaired) electrons. The average Bonchev–Trinajstić information content (AvgIpc) is 2.16. The van der Waals surface area contributed by atoms with Gasteiger partial charge in [-0.1, -0.05) is 15.9 Å². The highest BCUT2D eigenvalue weighted by molar-refractivity contribution is 9.10. The molecular weight excluding hydrogens is 256 g/mol. The van der Waals surface area contributed by atoms with Crippen molar-refractivity contribution in [1.82, 2.24) is 5.32 Å². The second-order valence-corrected chi connectivity index (χ2v) is 4.54. The topological polar surface area (TPSA) is 55.1 Å². The number of hydrogen-bond donors (Lipinski definition) is 2. The molecule has 1 aromatic rings. The Hall–Kier alpha value is -0.870. The summed E-state index contributed by atoms with van der Waals surface area (Å²) in [5.41, 5.74) is 7.14. The van der Waals surface area contributed by atoms with Gasteiger partial charge in [0.2, 0.25) is 0 Å². The van der Waals surface area contributed by atoms with Gasteiger partial charge in [-0.05, 0) is 37.6 Å². The fourth-order valence-electron chi connectivity index (χ4n) is 1.23. The van der Waals surface area contributed by atoms with E-state index in [1.54, 1.807) is 6.07 Å². The lowest BCUT2D eigenvalue weighted by Crippen LogP contribution is -2.37. The van der Waals surface area contributed by atoms with Gasteiger partial charge in [-0.25, -0.2) is 0 Å². The number of amides is 1. The maximum atomic E-state index is 11.7. The van der Waals surface area contributed by atoms with Crippen molar-refractivity contribution < 1.29 is 4.79 Å². The number of halogens is 1. The maximum Gasteiger partial charge on any atom is 0.251 e. The quantitative estimate of drug-likeness (QED) is 0.881. The zero-order valence-corrected chi connectivity index (χ0v) is 10.5. The Kier molecular flexibility index (Phi) is 4.29. The SMILES string of the molecule is Cc1cc(Br)cc(C(=O)N[C@H](C)CN)c1. The third kappa shape index (κ3) is 3.64. The molecule has 1 rings (SSSR count). The molecule has 0 aliphatic heterocycles. The molecule has 1 aromatic carbocycles. The third-order valence-corrected chi connectivity index (χ3v) is 2.49. The highest BCUT2D eigenvalue weighted by atomic mass is 79.9. The lowest BCUT2D eigenvalue weighted by atomic mass is 10.1. The van der Waals surface area contributed by atoms with Crippen LogP contribution >= 0.6 is 15.9 Å². The molecule has 1 amide bonds. The molecule has 0 bridgehead atoms. The molecule has 0 aromatic heterocycles. The summed E-state index contributed by atoms with van der Waals surface area (Å²) in [5.74, 6) is -0.0858. The lowest BCUT2D eigenvalue weighted by Gasteiger charge is -2.11. The van der Waals surface area contributed by atoms with Crippen molar-refractivity contribution in [2.24, 2.45) is 5.73 Å². The maximum absolute atomic E-state index is 11.7.